The maximum atomic E-state index is 10.9. The fourth-order valence-electron chi connectivity index (χ4n) is 5.82. The second-order valence-corrected chi connectivity index (χ2v) is 9.02. The Morgan fingerprint density at radius 2 is 1.79 bits per heavy atom. The molecular formula is C20H24Na2O6S. The SMILES string of the molecule is C#C[C@]1(O)CCC2C3CCc4cc(O)ccc4C3CC[C@@]21C.O=S(=O)([O-])[O-].[Na+].[Na+]. The van der Waals surface area contributed by atoms with Crippen LogP contribution in [0.4, 0.5) is 0 Å². The Morgan fingerprint density at radius 1 is 1.17 bits per heavy atom. The first kappa shape index (κ1) is 27.4. The van der Waals surface area contributed by atoms with Gasteiger partial charge >= 0.3 is 59.1 Å². The second-order valence-electron chi connectivity index (χ2n) is 8.21. The summed E-state index contributed by atoms with van der Waals surface area (Å²) >= 11 is 0. The fourth-order valence-corrected chi connectivity index (χ4v) is 5.82. The van der Waals surface area contributed by atoms with Crippen molar-refractivity contribution in [3.63, 3.8) is 0 Å². The van der Waals surface area contributed by atoms with Crippen molar-refractivity contribution in [1.29, 1.82) is 0 Å². The summed E-state index contributed by atoms with van der Waals surface area (Å²) in [6.07, 6.45) is 11.8. The van der Waals surface area contributed by atoms with Crippen LogP contribution < -0.4 is 59.1 Å². The Bertz CT molecular complexity index is 875. The van der Waals surface area contributed by atoms with E-state index in [-0.39, 0.29) is 64.5 Å². The maximum Gasteiger partial charge on any atom is 1.00 e. The van der Waals surface area contributed by atoms with Crippen LogP contribution in [-0.2, 0) is 16.8 Å². The zero-order valence-electron chi connectivity index (χ0n) is 17.2. The minimum absolute atomic E-state index is 0. The van der Waals surface area contributed by atoms with Crippen LogP contribution >= 0.6 is 0 Å². The minimum atomic E-state index is -5.17. The van der Waals surface area contributed by atoms with E-state index in [1.165, 1.54) is 11.1 Å². The molecule has 2 saturated carbocycles. The summed E-state index contributed by atoms with van der Waals surface area (Å²) in [5.74, 6) is 4.82. The van der Waals surface area contributed by atoms with Crippen molar-refractivity contribution in [2.75, 3.05) is 0 Å². The molecule has 0 bridgehead atoms. The first-order valence-electron chi connectivity index (χ1n) is 9.17. The van der Waals surface area contributed by atoms with Crippen molar-refractivity contribution in [1.82, 2.24) is 0 Å². The van der Waals surface area contributed by atoms with Crippen LogP contribution in [0.2, 0.25) is 0 Å². The van der Waals surface area contributed by atoms with Crippen LogP contribution in [0.25, 0.3) is 0 Å². The van der Waals surface area contributed by atoms with Crippen molar-refractivity contribution in [3.05, 3.63) is 29.3 Å². The van der Waals surface area contributed by atoms with Crippen LogP contribution in [0.15, 0.2) is 18.2 Å². The molecule has 148 valence electrons. The second kappa shape index (κ2) is 9.91. The zero-order valence-corrected chi connectivity index (χ0v) is 22.0. The number of terminal acetylenes is 1. The van der Waals surface area contributed by atoms with Gasteiger partial charge in [0.2, 0.25) is 0 Å². The van der Waals surface area contributed by atoms with Gasteiger partial charge in [-0.15, -0.1) is 6.42 Å². The third-order valence-corrected chi connectivity index (χ3v) is 7.10. The van der Waals surface area contributed by atoms with E-state index in [2.05, 4.69) is 18.9 Å². The Morgan fingerprint density at radius 3 is 2.38 bits per heavy atom. The molecule has 9 heteroatoms. The number of phenolic OH excluding ortho intramolecular Hbond substituents is 1. The molecule has 3 aliphatic rings. The molecule has 1 aromatic rings. The van der Waals surface area contributed by atoms with Gasteiger partial charge in [0.15, 0.2) is 0 Å². The molecule has 0 saturated heterocycles. The number of hydrogen-bond donors (Lipinski definition) is 2. The van der Waals surface area contributed by atoms with Crippen molar-refractivity contribution >= 4 is 10.4 Å². The number of aromatic hydroxyl groups is 1. The molecule has 0 heterocycles. The van der Waals surface area contributed by atoms with E-state index in [1.54, 1.807) is 0 Å². The molecular weight excluding hydrogens is 414 g/mol. The topological polar surface area (TPSA) is 121 Å². The number of hydrogen-bond acceptors (Lipinski definition) is 6. The van der Waals surface area contributed by atoms with Gasteiger partial charge < -0.3 is 19.3 Å². The number of aliphatic hydroxyl groups is 1. The Labute approximate surface area is 217 Å². The number of fused-ring (bicyclic) bond motifs is 5. The molecule has 6 nitrogen and oxygen atoms in total. The average Bonchev–Trinajstić information content (AvgIpc) is 2.85. The number of phenols is 1. The molecule has 2 N–H and O–H groups in total. The van der Waals surface area contributed by atoms with Crippen LogP contribution in [0.3, 0.4) is 0 Å². The Hall–Kier alpha value is 0.410. The van der Waals surface area contributed by atoms with E-state index in [9.17, 15) is 10.2 Å². The van der Waals surface area contributed by atoms with Crippen LogP contribution in [0.1, 0.15) is 56.1 Å². The molecule has 0 spiro atoms. The molecule has 0 aromatic heterocycles. The molecule has 29 heavy (non-hydrogen) atoms. The molecule has 0 radical (unpaired) electrons. The third kappa shape index (κ3) is 5.43. The first-order chi connectivity index (χ1) is 12.5. The van der Waals surface area contributed by atoms with Gasteiger partial charge in [0.25, 0.3) is 0 Å². The van der Waals surface area contributed by atoms with Crippen molar-refractivity contribution in [2.45, 2.75) is 57.0 Å². The molecule has 3 aliphatic carbocycles. The molecule has 0 amide bonds. The van der Waals surface area contributed by atoms with Crippen molar-refractivity contribution in [2.24, 2.45) is 17.3 Å². The summed E-state index contributed by atoms with van der Waals surface area (Å²) in [7, 11) is -5.17. The minimum Gasteiger partial charge on any atom is -0.759 e. The summed E-state index contributed by atoms with van der Waals surface area (Å²) < 4.78 is 34.1. The normalized spacial score (nSPS) is 34.5. The van der Waals surface area contributed by atoms with Gasteiger partial charge in [-0.3, -0.25) is 8.42 Å². The van der Waals surface area contributed by atoms with Gasteiger partial charge in [-0.2, -0.15) is 0 Å². The van der Waals surface area contributed by atoms with Crippen LogP contribution in [-0.4, -0.2) is 33.3 Å². The molecule has 4 rings (SSSR count). The predicted octanol–water partition coefficient (Wildman–Crippen LogP) is -3.72. The summed E-state index contributed by atoms with van der Waals surface area (Å²) in [5, 5.41) is 20.6. The zero-order chi connectivity index (χ0) is 20.0. The molecule has 1 aromatic carbocycles. The summed E-state index contributed by atoms with van der Waals surface area (Å²) in [6.45, 7) is 2.22. The van der Waals surface area contributed by atoms with Gasteiger partial charge in [0.1, 0.15) is 11.4 Å². The number of benzene rings is 1. The summed E-state index contributed by atoms with van der Waals surface area (Å²) in [5.41, 5.74) is 1.69. The van der Waals surface area contributed by atoms with E-state index in [0.717, 1.165) is 38.5 Å². The standard InChI is InChI=1S/C20H24O2.2Na.H2O4S/c1-3-20(22)11-9-18-17-6-4-13-12-14(21)5-7-15(13)16(17)8-10-19(18,20)2;;;1-5(2,3)4/h1,5,7,12,16-18,21-22H,4,6,8-11H2,2H3;;;(H2,1,2,3,4)/q;2*+1;/p-2/t16?,17?,18?,19-,20-;;;/m0.../s1. The Kier molecular flexibility index (Phi) is 9.38. The van der Waals surface area contributed by atoms with Crippen molar-refractivity contribution in [3.8, 4) is 18.1 Å². The van der Waals surface area contributed by atoms with Gasteiger partial charge in [-0.1, -0.05) is 18.9 Å². The molecule has 3 unspecified atom stereocenters. The van der Waals surface area contributed by atoms with E-state index in [1.807, 2.05) is 12.1 Å². The molecule has 5 atom stereocenters. The Balaban J connectivity index is 0.000000542. The van der Waals surface area contributed by atoms with E-state index in [4.69, 9.17) is 23.9 Å². The van der Waals surface area contributed by atoms with Gasteiger partial charge in [-0.25, -0.2) is 0 Å². The van der Waals surface area contributed by atoms with Gasteiger partial charge in [0, 0.05) is 15.8 Å². The maximum absolute atomic E-state index is 10.9. The predicted molar refractivity (Wildman–Crippen MR) is 97.0 cm³/mol. The largest absolute Gasteiger partial charge is 1.00 e. The smallest absolute Gasteiger partial charge is 0.759 e. The monoisotopic (exact) mass is 438 g/mol. The van der Waals surface area contributed by atoms with Crippen LogP contribution in [0, 0.1) is 29.6 Å². The number of aryl methyl sites for hydroxylation is 1. The van der Waals surface area contributed by atoms with E-state index in [0.29, 0.717) is 23.5 Å². The third-order valence-electron chi connectivity index (χ3n) is 7.10. The average molecular weight is 438 g/mol. The number of rotatable bonds is 0. The van der Waals surface area contributed by atoms with E-state index < -0.39 is 16.0 Å². The van der Waals surface area contributed by atoms with Gasteiger partial charge in [-0.05, 0) is 79.5 Å². The van der Waals surface area contributed by atoms with Gasteiger partial charge in [0.05, 0.1) is 0 Å². The quantitative estimate of drug-likeness (QED) is 0.186. The summed E-state index contributed by atoms with van der Waals surface area (Å²) in [6, 6.07) is 5.87. The van der Waals surface area contributed by atoms with Crippen LogP contribution in [0.5, 0.6) is 5.75 Å². The molecule has 2 fully saturated rings. The first-order valence-corrected chi connectivity index (χ1v) is 10.5. The summed E-state index contributed by atoms with van der Waals surface area (Å²) in [4.78, 5) is 0. The molecule has 0 aliphatic heterocycles. The van der Waals surface area contributed by atoms with Crippen molar-refractivity contribution < 1.29 is 86.9 Å². The fraction of sp³-hybridized carbons (Fsp3) is 0.600. The van der Waals surface area contributed by atoms with E-state index >= 15 is 0 Å².